The molecule has 1 aromatic heterocycles. The van der Waals surface area contributed by atoms with Crippen molar-refractivity contribution < 1.29 is 14.3 Å². The zero-order valence-electron chi connectivity index (χ0n) is 9.38. The Balaban J connectivity index is 1.96. The minimum Gasteiger partial charge on any atom is -0.481 e. The van der Waals surface area contributed by atoms with E-state index in [1.165, 1.54) is 0 Å². The fourth-order valence-corrected chi connectivity index (χ4v) is 2.11. The monoisotopic (exact) mass is 225 g/mol. The van der Waals surface area contributed by atoms with Crippen molar-refractivity contribution in [3.63, 3.8) is 0 Å². The number of carboxylic acids is 1. The first-order valence-corrected chi connectivity index (χ1v) is 5.30. The number of aromatic nitrogens is 2. The zero-order valence-corrected chi connectivity index (χ0v) is 9.38. The van der Waals surface area contributed by atoms with Gasteiger partial charge in [-0.15, -0.1) is 10.2 Å². The second kappa shape index (κ2) is 4.21. The summed E-state index contributed by atoms with van der Waals surface area (Å²) in [5.41, 5.74) is 0. The molecule has 1 saturated heterocycles. The molecule has 6 nitrogen and oxygen atoms in total. The number of hydrogen-bond acceptors (Lipinski definition) is 5. The minimum atomic E-state index is -0.725. The molecule has 0 aromatic carbocycles. The van der Waals surface area contributed by atoms with Gasteiger partial charge in [0, 0.05) is 20.0 Å². The molecule has 0 radical (unpaired) electrons. The van der Waals surface area contributed by atoms with Crippen LogP contribution in [0.3, 0.4) is 0 Å². The zero-order chi connectivity index (χ0) is 11.7. The number of aryl methyl sites for hydroxylation is 1. The highest BCUT2D eigenvalue weighted by Gasteiger charge is 2.35. The molecule has 1 aliphatic rings. The molecule has 88 valence electrons. The van der Waals surface area contributed by atoms with Crippen LogP contribution in [0.25, 0.3) is 0 Å². The van der Waals surface area contributed by atoms with E-state index in [1.54, 1.807) is 6.92 Å². The summed E-state index contributed by atoms with van der Waals surface area (Å²) in [4.78, 5) is 13.0. The van der Waals surface area contributed by atoms with Crippen molar-refractivity contribution in [2.24, 2.45) is 11.8 Å². The van der Waals surface area contributed by atoms with Gasteiger partial charge in [-0.2, -0.15) is 0 Å². The Bertz CT molecular complexity index is 390. The Morgan fingerprint density at radius 1 is 1.56 bits per heavy atom. The van der Waals surface area contributed by atoms with Crippen molar-refractivity contribution in [2.45, 2.75) is 20.4 Å². The molecule has 0 saturated carbocycles. The molecule has 16 heavy (non-hydrogen) atoms. The van der Waals surface area contributed by atoms with Crippen molar-refractivity contribution in [2.75, 3.05) is 13.1 Å². The lowest BCUT2D eigenvalue weighted by molar-refractivity contribution is -0.142. The maximum atomic E-state index is 10.9. The van der Waals surface area contributed by atoms with Crippen molar-refractivity contribution in [1.29, 1.82) is 0 Å². The van der Waals surface area contributed by atoms with Gasteiger partial charge >= 0.3 is 5.97 Å². The van der Waals surface area contributed by atoms with Gasteiger partial charge in [0.2, 0.25) is 11.8 Å². The molecule has 0 amide bonds. The molecular formula is C10H15N3O3. The van der Waals surface area contributed by atoms with Crippen LogP contribution in [-0.2, 0) is 11.3 Å². The number of carboxylic acid groups (broad SMARTS) is 1. The summed E-state index contributed by atoms with van der Waals surface area (Å²) in [6.07, 6.45) is 0. The molecule has 1 N–H and O–H groups in total. The molecule has 1 fully saturated rings. The van der Waals surface area contributed by atoms with E-state index < -0.39 is 5.97 Å². The largest absolute Gasteiger partial charge is 0.481 e. The van der Waals surface area contributed by atoms with Gasteiger partial charge in [-0.3, -0.25) is 9.69 Å². The summed E-state index contributed by atoms with van der Waals surface area (Å²) in [6, 6.07) is 0. The standard InChI is InChI=1S/C10H15N3O3/c1-6-3-13(4-8(6)10(14)15)5-9-12-11-7(2)16-9/h6,8H,3-5H2,1-2H3,(H,14,15)/t6-,8-/m1/s1. The highest BCUT2D eigenvalue weighted by molar-refractivity contribution is 5.71. The topological polar surface area (TPSA) is 79.5 Å². The average Bonchev–Trinajstić information content (AvgIpc) is 2.73. The van der Waals surface area contributed by atoms with Gasteiger partial charge in [0.15, 0.2) is 0 Å². The Morgan fingerprint density at radius 3 is 2.81 bits per heavy atom. The van der Waals surface area contributed by atoms with E-state index >= 15 is 0 Å². The van der Waals surface area contributed by atoms with Gasteiger partial charge in [-0.25, -0.2) is 0 Å². The van der Waals surface area contributed by atoms with E-state index in [0.717, 1.165) is 6.54 Å². The van der Waals surface area contributed by atoms with Crippen LogP contribution in [0.1, 0.15) is 18.7 Å². The maximum absolute atomic E-state index is 10.9. The summed E-state index contributed by atoms with van der Waals surface area (Å²) < 4.78 is 5.27. The SMILES string of the molecule is Cc1nnc(CN2C[C@@H](C)[C@H](C(=O)O)C2)o1. The Kier molecular flexibility index (Phi) is 2.91. The van der Waals surface area contributed by atoms with E-state index in [2.05, 4.69) is 10.2 Å². The van der Waals surface area contributed by atoms with Crippen molar-refractivity contribution in [1.82, 2.24) is 15.1 Å². The molecule has 2 atom stereocenters. The quantitative estimate of drug-likeness (QED) is 0.808. The molecule has 2 rings (SSSR count). The predicted molar refractivity (Wildman–Crippen MR) is 54.6 cm³/mol. The Hall–Kier alpha value is -1.43. The smallest absolute Gasteiger partial charge is 0.308 e. The van der Waals surface area contributed by atoms with E-state index in [4.69, 9.17) is 9.52 Å². The van der Waals surface area contributed by atoms with Crippen molar-refractivity contribution in [3.05, 3.63) is 11.8 Å². The third kappa shape index (κ3) is 2.21. The third-order valence-corrected chi connectivity index (χ3v) is 2.93. The second-order valence-corrected chi connectivity index (χ2v) is 4.33. The first-order chi connectivity index (χ1) is 7.56. The van der Waals surface area contributed by atoms with Gasteiger partial charge in [0.05, 0.1) is 12.5 Å². The lowest BCUT2D eigenvalue weighted by Gasteiger charge is -2.11. The number of nitrogens with zero attached hydrogens (tertiary/aromatic N) is 3. The fourth-order valence-electron chi connectivity index (χ4n) is 2.11. The molecule has 0 spiro atoms. The average molecular weight is 225 g/mol. The third-order valence-electron chi connectivity index (χ3n) is 2.93. The van der Waals surface area contributed by atoms with Crippen LogP contribution >= 0.6 is 0 Å². The second-order valence-electron chi connectivity index (χ2n) is 4.33. The van der Waals surface area contributed by atoms with Crippen LogP contribution in [0, 0.1) is 18.8 Å². The van der Waals surface area contributed by atoms with Crippen LogP contribution in [0.5, 0.6) is 0 Å². The fraction of sp³-hybridized carbons (Fsp3) is 0.700. The highest BCUT2D eigenvalue weighted by atomic mass is 16.4. The van der Waals surface area contributed by atoms with E-state index in [-0.39, 0.29) is 11.8 Å². The molecule has 2 heterocycles. The van der Waals surface area contributed by atoms with E-state index in [9.17, 15) is 4.79 Å². The number of likely N-dealkylation sites (tertiary alicyclic amines) is 1. The number of hydrogen-bond donors (Lipinski definition) is 1. The molecule has 1 aliphatic heterocycles. The van der Waals surface area contributed by atoms with Crippen LogP contribution in [0.4, 0.5) is 0 Å². The van der Waals surface area contributed by atoms with Gasteiger partial charge < -0.3 is 9.52 Å². The van der Waals surface area contributed by atoms with Gasteiger partial charge in [-0.1, -0.05) is 6.92 Å². The maximum Gasteiger partial charge on any atom is 0.308 e. The normalized spacial score (nSPS) is 26.1. The molecule has 6 heteroatoms. The lowest BCUT2D eigenvalue weighted by Crippen LogP contribution is -2.23. The Morgan fingerprint density at radius 2 is 2.31 bits per heavy atom. The van der Waals surface area contributed by atoms with Crippen LogP contribution in [-0.4, -0.2) is 39.3 Å². The summed E-state index contributed by atoms with van der Waals surface area (Å²) in [5.74, 6) is 0.245. The molecule has 0 bridgehead atoms. The van der Waals surface area contributed by atoms with E-state index in [1.807, 2.05) is 11.8 Å². The molecule has 0 aliphatic carbocycles. The highest BCUT2D eigenvalue weighted by Crippen LogP contribution is 2.24. The predicted octanol–water partition coefficient (Wildman–Crippen LogP) is 0.531. The van der Waals surface area contributed by atoms with E-state index in [0.29, 0.717) is 24.9 Å². The van der Waals surface area contributed by atoms with Gasteiger partial charge in [0.1, 0.15) is 0 Å². The molecular weight excluding hydrogens is 210 g/mol. The first-order valence-electron chi connectivity index (χ1n) is 5.30. The minimum absolute atomic E-state index is 0.168. The first kappa shape index (κ1) is 11.1. The van der Waals surface area contributed by atoms with Gasteiger partial charge in [-0.05, 0) is 5.92 Å². The summed E-state index contributed by atoms with van der Waals surface area (Å²) in [7, 11) is 0. The summed E-state index contributed by atoms with van der Waals surface area (Å²) >= 11 is 0. The summed E-state index contributed by atoms with van der Waals surface area (Å²) in [5, 5.41) is 16.6. The van der Waals surface area contributed by atoms with Crippen molar-refractivity contribution in [3.8, 4) is 0 Å². The number of aliphatic carboxylic acids is 1. The summed E-state index contributed by atoms with van der Waals surface area (Å²) in [6.45, 7) is 5.55. The van der Waals surface area contributed by atoms with Crippen LogP contribution in [0.2, 0.25) is 0 Å². The lowest BCUT2D eigenvalue weighted by atomic mass is 9.99. The van der Waals surface area contributed by atoms with Crippen LogP contribution < -0.4 is 0 Å². The Labute approximate surface area is 93.3 Å². The number of rotatable bonds is 3. The van der Waals surface area contributed by atoms with Crippen LogP contribution in [0.15, 0.2) is 4.42 Å². The van der Waals surface area contributed by atoms with Crippen molar-refractivity contribution >= 4 is 5.97 Å². The molecule has 0 unspecified atom stereocenters. The molecule has 1 aromatic rings. The van der Waals surface area contributed by atoms with Gasteiger partial charge in [0.25, 0.3) is 0 Å². The number of carbonyl (C=O) groups is 1.